The molecule has 13 nitrogen and oxygen atoms in total. The van der Waals surface area contributed by atoms with Crippen molar-refractivity contribution in [1.82, 2.24) is 20.9 Å². The number of nitrogens with one attached hydrogen (secondary N) is 3. The molecule has 0 unspecified atom stereocenters. The van der Waals surface area contributed by atoms with E-state index in [1.807, 2.05) is 0 Å². The fourth-order valence-corrected chi connectivity index (χ4v) is 6.81. The van der Waals surface area contributed by atoms with Crippen LogP contribution in [0.1, 0.15) is 57.8 Å². The van der Waals surface area contributed by atoms with Crippen LogP contribution in [0.5, 0.6) is 0 Å². The summed E-state index contributed by atoms with van der Waals surface area (Å²) < 4.78 is 0. The molecule has 5 fully saturated rings. The van der Waals surface area contributed by atoms with Gasteiger partial charge in [0.15, 0.2) is 5.96 Å². The number of urea groups is 1. The summed E-state index contributed by atoms with van der Waals surface area (Å²) in [6.45, 7) is -0.325. The first-order valence-electron chi connectivity index (χ1n) is 12.5. The highest BCUT2D eigenvalue weighted by atomic mass is 16.4. The van der Waals surface area contributed by atoms with Crippen molar-refractivity contribution in [2.24, 2.45) is 34.2 Å². The molecule has 1 aliphatic heterocycles. The Kier molecular flexibility index (Phi) is 7.36. The van der Waals surface area contributed by atoms with E-state index in [0.29, 0.717) is 24.2 Å². The van der Waals surface area contributed by atoms with Crippen molar-refractivity contribution in [3.8, 4) is 0 Å². The highest BCUT2D eigenvalue weighted by Crippen LogP contribution is 2.55. The first-order chi connectivity index (χ1) is 17.0. The molecule has 8 N–H and O–H groups in total. The van der Waals surface area contributed by atoms with Gasteiger partial charge in [0.1, 0.15) is 18.6 Å². The van der Waals surface area contributed by atoms with Crippen LogP contribution >= 0.6 is 0 Å². The van der Waals surface area contributed by atoms with E-state index >= 15 is 0 Å². The van der Waals surface area contributed by atoms with Crippen LogP contribution < -0.4 is 27.4 Å². The van der Waals surface area contributed by atoms with Gasteiger partial charge in [0.05, 0.1) is 6.42 Å². The Bertz CT molecular complexity index is 927. The fraction of sp³-hybridized carbons (Fsp3) is 0.739. The Balaban J connectivity index is 1.33. The summed E-state index contributed by atoms with van der Waals surface area (Å²) in [4.78, 5) is 66.7. The number of carboxylic acid groups (broad SMARTS) is 1. The number of aliphatic carboxylic acids is 1. The third-order valence-corrected chi connectivity index (χ3v) is 7.81. The Hall–Kier alpha value is -3.38. The van der Waals surface area contributed by atoms with E-state index in [0.717, 1.165) is 24.2 Å². The number of hydrogen-bond acceptors (Lipinski definition) is 6. The Morgan fingerprint density at radius 1 is 1.11 bits per heavy atom. The van der Waals surface area contributed by atoms with Gasteiger partial charge in [-0.05, 0) is 69.1 Å². The van der Waals surface area contributed by atoms with E-state index in [2.05, 4.69) is 20.9 Å². The molecule has 0 spiro atoms. The lowest BCUT2D eigenvalue weighted by atomic mass is 9.53. The Labute approximate surface area is 208 Å². The summed E-state index contributed by atoms with van der Waals surface area (Å²) >= 11 is 0. The molecule has 4 saturated carbocycles. The maximum atomic E-state index is 13.1. The first-order valence-corrected chi connectivity index (χ1v) is 12.5. The summed E-state index contributed by atoms with van der Waals surface area (Å²) in [5, 5.41) is 17.4. The van der Waals surface area contributed by atoms with Gasteiger partial charge in [-0.3, -0.25) is 29.1 Å². The zero-order valence-corrected chi connectivity index (χ0v) is 20.2. The lowest BCUT2D eigenvalue weighted by molar-refractivity contribution is -0.142. The number of imide groups is 1. The van der Waals surface area contributed by atoms with E-state index in [-0.39, 0.29) is 24.5 Å². The summed E-state index contributed by atoms with van der Waals surface area (Å²) in [6, 6.07) is -2.84. The quantitative estimate of drug-likeness (QED) is 0.0886. The minimum Gasteiger partial charge on any atom is -0.481 e. The van der Waals surface area contributed by atoms with Crippen LogP contribution in [-0.4, -0.2) is 76.4 Å². The van der Waals surface area contributed by atoms with Crippen LogP contribution in [0.4, 0.5) is 4.79 Å². The van der Waals surface area contributed by atoms with Crippen molar-refractivity contribution >= 4 is 35.7 Å². The van der Waals surface area contributed by atoms with E-state index in [4.69, 9.17) is 11.5 Å². The van der Waals surface area contributed by atoms with Gasteiger partial charge in [-0.25, -0.2) is 4.79 Å². The van der Waals surface area contributed by atoms with Crippen LogP contribution in [-0.2, 0) is 19.2 Å². The number of nitrogens with two attached hydrogens (primary N) is 2. The highest BCUT2D eigenvalue weighted by molar-refractivity contribution is 6.06. The molecule has 4 aliphatic carbocycles. The number of nitrogens with zero attached hydrogens (tertiary/aromatic N) is 2. The minimum atomic E-state index is -1.31. The number of aliphatic imine (C=N–C) groups is 1. The van der Waals surface area contributed by atoms with Crippen molar-refractivity contribution < 1.29 is 29.1 Å². The average molecular weight is 506 g/mol. The molecule has 5 aliphatic rings. The molecule has 36 heavy (non-hydrogen) atoms. The SMILES string of the molecule is NC(N)=NCCC[C@@H]1NC(=O)N(CC(=O)N[C@@H](CC(=O)O)C(=O)NC23CC4CC(CC(C4)C2)C3)C1=O. The van der Waals surface area contributed by atoms with E-state index in [1.54, 1.807) is 0 Å². The number of carbonyl (C=O) groups excluding carboxylic acids is 4. The average Bonchev–Trinajstić information content (AvgIpc) is 3.02. The number of hydrogen-bond donors (Lipinski definition) is 6. The second kappa shape index (κ2) is 10.3. The molecule has 5 rings (SSSR count). The summed E-state index contributed by atoms with van der Waals surface area (Å²) in [5.74, 6) is -1.47. The number of carbonyl (C=O) groups is 5. The molecule has 0 radical (unpaired) electrons. The molecule has 4 bridgehead atoms. The van der Waals surface area contributed by atoms with E-state index in [1.165, 1.54) is 19.3 Å². The minimum absolute atomic E-state index is 0.0711. The number of guanidine groups is 1. The molecular weight excluding hydrogens is 470 g/mol. The highest BCUT2D eigenvalue weighted by Gasteiger charge is 2.52. The Morgan fingerprint density at radius 2 is 1.72 bits per heavy atom. The van der Waals surface area contributed by atoms with Crippen LogP contribution in [0, 0.1) is 17.8 Å². The van der Waals surface area contributed by atoms with Crippen LogP contribution in [0.2, 0.25) is 0 Å². The predicted molar refractivity (Wildman–Crippen MR) is 127 cm³/mol. The van der Waals surface area contributed by atoms with Crippen LogP contribution in [0.3, 0.4) is 0 Å². The van der Waals surface area contributed by atoms with Gasteiger partial charge >= 0.3 is 12.0 Å². The van der Waals surface area contributed by atoms with E-state index in [9.17, 15) is 29.1 Å². The molecule has 5 amide bonds. The Morgan fingerprint density at radius 3 is 2.28 bits per heavy atom. The van der Waals surface area contributed by atoms with Crippen LogP contribution in [0.15, 0.2) is 4.99 Å². The molecule has 0 aromatic rings. The van der Waals surface area contributed by atoms with E-state index < -0.39 is 54.8 Å². The van der Waals surface area contributed by atoms with Gasteiger partial charge in [-0.2, -0.15) is 0 Å². The summed E-state index contributed by atoms with van der Waals surface area (Å²) in [5.41, 5.74) is 10.2. The standard InChI is InChI=1S/C23H35N7O6/c24-21(25)26-3-1-2-15-20(35)30(22(36)28-15)11-17(31)27-16(7-18(32)33)19(34)29-23-8-12-4-13(9-23)6-14(5-12)10-23/h12-16H,1-11H2,(H,27,31)(H,28,36)(H,29,34)(H,32,33)(H4,24,25,26)/t12?,13?,14?,15-,16-,23?/m0/s1. The molecule has 0 aromatic heterocycles. The lowest BCUT2D eigenvalue weighted by Gasteiger charge is -2.57. The molecule has 2 atom stereocenters. The molecule has 1 heterocycles. The predicted octanol–water partition coefficient (Wildman–Crippen LogP) is -0.995. The van der Waals surface area contributed by atoms with Gasteiger partial charge in [-0.1, -0.05) is 0 Å². The maximum Gasteiger partial charge on any atom is 0.325 e. The van der Waals surface area contributed by atoms with Crippen molar-refractivity contribution in [2.75, 3.05) is 13.1 Å². The van der Waals surface area contributed by atoms with Gasteiger partial charge < -0.3 is 32.5 Å². The second-order valence-corrected chi connectivity index (χ2v) is 10.8. The number of carboxylic acids is 1. The fourth-order valence-electron chi connectivity index (χ4n) is 6.81. The molecular formula is C23H35N7O6. The molecule has 0 aromatic carbocycles. The number of rotatable bonds is 11. The first kappa shape index (κ1) is 25.7. The maximum absolute atomic E-state index is 13.1. The smallest absolute Gasteiger partial charge is 0.325 e. The van der Waals surface area contributed by atoms with Gasteiger partial charge in [-0.15, -0.1) is 0 Å². The normalized spacial score (nSPS) is 31.1. The summed E-state index contributed by atoms with van der Waals surface area (Å²) in [6.07, 6.45) is 6.33. The molecule has 198 valence electrons. The number of amides is 5. The van der Waals surface area contributed by atoms with Crippen molar-refractivity contribution in [3.63, 3.8) is 0 Å². The van der Waals surface area contributed by atoms with Gasteiger partial charge in [0.25, 0.3) is 5.91 Å². The topological polar surface area (TPSA) is 209 Å². The van der Waals surface area contributed by atoms with Gasteiger partial charge in [0.2, 0.25) is 11.8 Å². The largest absolute Gasteiger partial charge is 0.481 e. The zero-order valence-electron chi connectivity index (χ0n) is 20.2. The van der Waals surface area contributed by atoms with Gasteiger partial charge in [0, 0.05) is 12.1 Å². The van der Waals surface area contributed by atoms with Crippen molar-refractivity contribution in [2.45, 2.75) is 75.4 Å². The lowest BCUT2D eigenvalue weighted by Crippen LogP contribution is -2.63. The monoisotopic (exact) mass is 505 g/mol. The van der Waals surface area contributed by atoms with Crippen LogP contribution in [0.25, 0.3) is 0 Å². The zero-order chi connectivity index (χ0) is 26.0. The third kappa shape index (κ3) is 5.88. The van der Waals surface area contributed by atoms with Crippen molar-refractivity contribution in [3.05, 3.63) is 0 Å². The molecule has 13 heteroatoms. The van der Waals surface area contributed by atoms with Crippen molar-refractivity contribution in [1.29, 1.82) is 0 Å². The molecule has 1 saturated heterocycles. The second-order valence-electron chi connectivity index (χ2n) is 10.8. The third-order valence-electron chi connectivity index (χ3n) is 7.81. The summed E-state index contributed by atoms with van der Waals surface area (Å²) in [7, 11) is 0.